The molecule has 1 saturated heterocycles. The van der Waals surface area contributed by atoms with E-state index in [4.69, 9.17) is 4.98 Å². The summed E-state index contributed by atoms with van der Waals surface area (Å²) in [4.78, 5) is 10.8. The van der Waals surface area contributed by atoms with Gasteiger partial charge in [-0.05, 0) is 57.5 Å². The van der Waals surface area contributed by atoms with E-state index in [0.717, 1.165) is 30.5 Å². The van der Waals surface area contributed by atoms with Gasteiger partial charge < -0.3 is 15.1 Å². The van der Waals surface area contributed by atoms with E-state index in [2.05, 4.69) is 69.4 Å². The van der Waals surface area contributed by atoms with Gasteiger partial charge in [0, 0.05) is 18.0 Å². The largest absolute Gasteiger partial charge is 0.348 e. The quantitative estimate of drug-likeness (QED) is 0.755. The Hall–Kier alpha value is -2.25. The molecule has 1 fully saturated rings. The molecular formula is C22H29N6S+. The van der Waals surface area contributed by atoms with Gasteiger partial charge in [0.2, 0.25) is 12.1 Å². The van der Waals surface area contributed by atoms with Gasteiger partial charge in [-0.3, -0.25) is 5.32 Å². The third kappa shape index (κ3) is 3.69. The minimum atomic E-state index is 0.759. The third-order valence-electron chi connectivity index (χ3n) is 6.29. The Balaban J connectivity index is 1.35. The van der Waals surface area contributed by atoms with Crippen LogP contribution in [0.1, 0.15) is 25.0 Å². The topological polar surface area (TPSA) is 47.3 Å². The summed E-state index contributed by atoms with van der Waals surface area (Å²) in [6.07, 6.45) is 8.06. The number of fused-ring (bicyclic) bond motifs is 2. The van der Waals surface area contributed by atoms with Crippen LogP contribution in [0.15, 0.2) is 40.5 Å². The fourth-order valence-corrected chi connectivity index (χ4v) is 5.50. The van der Waals surface area contributed by atoms with Crippen molar-refractivity contribution in [2.45, 2.75) is 30.7 Å². The number of hydrogen-bond acceptors (Lipinski definition) is 6. The predicted molar refractivity (Wildman–Crippen MR) is 120 cm³/mol. The number of thioether (sulfide) groups is 1. The monoisotopic (exact) mass is 409 g/mol. The lowest BCUT2D eigenvalue weighted by Crippen LogP contribution is -2.39. The Morgan fingerprint density at radius 3 is 2.86 bits per heavy atom. The molecule has 29 heavy (non-hydrogen) atoms. The Morgan fingerprint density at radius 1 is 1.21 bits per heavy atom. The molecule has 5 rings (SSSR count). The van der Waals surface area contributed by atoms with E-state index < -0.39 is 0 Å². The molecule has 0 radical (unpaired) electrons. The normalized spacial score (nSPS) is 20.5. The van der Waals surface area contributed by atoms with Crippen LogP contribution in [-0.2, 0) is 6.54 Å². The molecule has 0 atom stereocenters. The number of benzene rings is 1. The number of nitrogens with one attached hydrogen (secondary N) is 2. The molecule has 0 unspecified atom stereocenters. The average Bonchev–Trinajstić information content (AvgIpc) is 3.35. The molecule has 0 aliphatic carbocycles. The second-order valence-corrected chi connectivity index (χ2v) is 9.29. The summed E-state index contributed by atoms with van der Waals surface area (Å²) in [6.45, 7) is 4.24. The van der Waals surface area contributed by atoms with Crippen molar-refractivity contribution in [2.75, 3.05) is 49.4 Å². The van der Waals surface area contributed by atoms with Crippen LogP contribution in [0, 0.1) is 5.92 Å². The van der Waals surface area contributed by atoms with Crippen LogP contribution in [-0.4, -0.2) is 43.7 Å². The molecule has 2 aromatic rings. The zero-order chi connectivity index (χ0) is 19.8. The van der Waals surface area contributed by atoms with E-state index in [1.165, 1.54) is 53.8 Å². The fourth-order valence-electron chi connectivity index (χ4n) is 4.41. The summed E-state index contributed by atoms with van der Waals surface area (Å²) in [5.74, 6) is 2.00. The van der Waals surface area contributed by atoms with E-state index in [1.807, 2.05) is 6.33 Å². The maximum absolute atomic E-state index is 4.82. The Labute approximate surface area is 177 Å². The van der Waals surface area contributed by atoms with Gasteiger partial charge >= 0.3 is 0 Å². The first-order valence-corrected chi connectivity index (χ1v) is 11.3. The number of aryl methyl sites for hydroxylation is 1. The first kappa shape index (κ1) is 18.8. The van der Waals surface area contributed by atoms with Gasteiger partial charge in [0.1, 0.15) is 6.67 Å². The van der Waals surface area contributed by atoms with Crippen LogP contribution >= 0.6 is 11.8 Å². The third-order valence-corrected chi connectivity index (χ3v) is 7.45. The summed E-state index contributed by atoms with van der Waals surface area (Å²) >= 11 is 1.81. The molecular weight excluding hydrogens is 380 g/mol. The first-order chi connectivity index (χ1) is 14.2. The molecule has 0 amide bonds. The maximum atomic E-state index is 4.82. The van der Waals surface area contributed by atoms with Crippen molar-refractivity contribution in [2.24, 2.45) is 5.92 Å². The number of nitrogens with zero attached hydrogens (tertiary/aromatic N) is 4. The number of hydrogen-bond donors (Lipinski definition) is 2. The van der Waals surface area contributed by atoms with Gasteiger partial charge in [0.15, 0.2) is 11.4 Å². The summed E-state index contributed by atoms with van der Waals surface area (Å²) in [5.41, 5.74) is 3.38. The zero-order valence-corrected chi connectivity index (χ0v) is 18.0. The number of anilines is 3. The van der Waals surface area contributed by atoms with E-state index >= 15 is 0 Å². The molecule has 7 heteroatoms. The maximum Gasteiger partial charge on any atom is 0.250 e. The molecule has 3 aliphatic heterocycles. The van der Waals surface area contributed by atoms with Gasteiger partial charge in [0.05, 0.1) is 17.3 Å². The summed E-state index contributed by atoms with van der Waals surface area (Å²) < 4.78 is 2.29. The van der Waals surface area contributed by atoms with Crippen LogP contribution in [0.3, 0.4) is 0 Å². The molecule has 1 aromatic carbocycles. The highest BCUT2D eigenvalue weighted by atomic mass is 32.2. The molecule has 0 spiro atoms. The first-order valence-electron chi connectivity index (χ1n) is 10.5. The van der Waals surface area contributed by atoms with Gasteiger partial charge in [-0.15, -0.1) is 4.98 Å². The number of para-hydroxylation sites is 1. The van der Waals surface area contributed by atoms with Crippen molar-refractivity contribution >= 4 is 35.0 Å². The highest BCUT2D eigenvalue weighted by molar-refractivity contribution is 8.03. The highest BCUT2D eigenvalue weighted by Gasteiger charge is 2.28. The lowest BCUT2D eigenvalue weighted by atomic mass is 9.94. The lowest BCUT2D eigenvalue weighted by molar-refractivity contribution is -0.686. The molecule has 4 heterocycles. The van der Waals surface area contributed by atoms with Gasteiger partial charge in [-0.25, -0.2) is 4.57 Å². The Kier molecular flexibility index (Phi) is 5.09. The fraction of sp³-hybridized carbons (Fsp3) is 0.455. The average molecular weight is 410 g/mol. The minimum absolute atomic E-state index is 0.759. The molecule has 152 valence electrons. The minimum Gasteiger partial charge on any atom is -0.348 e. The standard InChI is InChI=1S/C22H28N6S/c1-26-10-7-16(8-11-26)9-12-28-15-25-17(21-22(28)24-14-23-21)13-20-27(2)18-5-3-4-6-19(18)29-20/h3-6,13,15-16,23H,7-12,14H2,1-2H3/p+1/b20-13-. The number of rotatable bonds is 4. The second kappa shape index (κ2) is 7.88. The summed E-state index contributed by atoms with van der Waals surface area (Å²) in [7, 11) is 4.35. The SMILES string of the molecule is CN1CCC(CC[n+]2cnc(/C=C3\Sc4ccccc4N3C)c3c2NCN3)CC1. The zero-order valence-electron chi connectivity index (χ0n) is 17.2. The lowest BCUT2D eigenvalue weighted by Gasteiger charge is -2.28. The Morgan fingerprint density at radius 2 is 2.03 bits per heavy atom. The smallest absolute Gasteiger partial charge is 0.250 e. The van der Waals surface area contributed by atoms with Crippen LogP contribution < -0.4 is 20.1 Å². The number of piperidine rings is 1. The van der Waals surface area contributed by atoms with Crippen LogP contribution in [0.5, 0.6) is 0 Å². The van der Waals surface area contributed by atoms with Crippen molar-refractivity contribution in [3.8, 4) is 0 Å². The van der Waals surface area contributed by atoms with E-state index in [0.29, 0.717) is 0 Å². The van der Waals surface area contributed by atoms with Gasteiger partial charge in [-0.2, -0.15) is 0 Å². The van der Waals surface area contributed by atoms with Crippen molar-refractivity contribution in [3.05, 3.63) is 41.3 Å². The van der Waals surface area contributed by atoms with Crippen molar-refractivity contribution in [1.82, 2.24) is 9.88 Å². The van der Waals surface area contributed by atoms with Crippen LogP contribution in [0.2, 0.25) is 0 Å². The number of likely N-dealkylation sites (tertiary alicyclic amines) is 1. The molecule has 0 bridgehead atoms. The van der Waals surface area contributed by atoms with E-state index in [1.54, 1.807) is 11.8 Å². The van der Waals surface area contributed by atoms with Crippen molar-refractivity contribution in [3.63, 3.8) is 0 Å². The molecule has 3 aliphatic rings. The summed E-state index contributed by atoms with van der Waals surface area (Å²) in [6, 6.07) is 8.54. The van der Waals surface area contributed by atoms with Crippen molar-refractivity contribution < 1.29 is 4.57 Å². The van der Waals surface area contributed by atoms with Crippen molar-refractivity contribution in [1.29, 1.82) is 0 Å². The second-order valence-electron chi connectivity index (χ2n) is 8.22. The number of aromatic nitrogens is 2. The summed E-state index contributed by atoms with van der Waals surface area (Å²) in [5, 5.41) is 8.21. The molecule has 0 saturated carbocycles. The van der Waals surface area contributed by atoms with E-state index in [-0.39, 0.29) is 0 Å². The van der Waals surface area contributed by atoms with Crippen LogP contribution in [0.4, 0.5) is 17.2 Å². The molecule has 1 aromatic heterocycles. The predicted octanol–water partition coefficient (Wildman–Crippen LogP) is 3.44. The van der Waals surface area contributed by atoms with E-state index in [9.17, 15) is 0 Å². The molecule has 6 nitrogen and oxygen atoms in total. The van der Waals surface area contributed by atoms with Gasteiger partial charge in [0.25, 0.3) is 0 Å². The highest BCUT2D eigenvalue weighted by Crippen LogP contribution is 2.45. The molecule has 2 N–H and O–H groups in total. The van der Waals surface area contributed by atoms with Gasteiger partial charge in [-0.1, -0.05) is 23.9 Å². The Bertz CT molecular complexity index is 935. The van der Waals surface area contributed by atoms with Crippen LogP contribution in [0.25, 0.3) is 6.08 Å².